The van der Waals surface area contributed by atoms with Crippen molar-refractivity contribution >= 4 is 28.8 Å². The fraction of sp³-hybridized carbons (Fsp3) is 0.120. The van der Waals surface area contributed by atoms with Gasteiger partial charge in [-0.3, -0.25) is 9.59 Å². The summed E-state index contributed by atoms with van der Waals surface area (Å²) >= 11 is 0. The largest absolute Gasteiger partial charge is 0.491 e. The second-order valence-corrected chi connectivity index (χ2v) is 7.35. The van der Waals surface area contributed by atoms with Crippen molar-refractivity contribution in [2.75, 3.05) is 10.2 Å². The highest BCUT2D eigenvalue weighted by molar-refractivity contribution is 6.46. The third-order valence-corrected chi connectivity index (χ3v) is 4.73. The molecule has 0 radical (unpaired) electrons. The number of anilines is 2. The van der Waals surface area contributed by atoms with Crippen molar-refractivity contribution in [1.29, 1.82) is 0 Å². The van der Waals surface area contributed by atoms with Gasteiger partial charge in [-0.1, -0.05) is 30.3 Å². The molecule has 1 aliphatic heterocycles. The van der Waals surface area contributed by atoms with Gasteiger partial charge < -0.3 is 10.1 Å². The molecule has 3 aromatic carbocycles. The predicted molar refractivity (Wildman–Crippen MR) is 118 cm³/mol. The van der Waals surface area contributed by atoms with Gasteiger partial charge in [0.2, 0.25) is 0 Å². The van der Waals surface area contributed by atoms with Crippen molar-refractivity contribution in [3.63, 3.8) is 0 Å². The van der Waals surface area contributed by atoms with Gasteiger partial charge >= 0.3 is 0 Å². The second-order valence-electron chi connectivity index (χ2n) is 7.35. The molecule has 0 saturated heterocycles. The highest BCUT2D eigenvalue weighted by Gasteiger charge is 2.40. The molecular weight excluding hydrogens is 395 g/mol. The van der Waals surface area contributed by atoms with E-state index in [4.69, 9.17) is 4.74 Å². The predicted octanol–water partition coefficient (Wildman–Crippen LogP) is 5.01. The first kappa shape index (κ1) is 20.3. The fourth-order valence-electron chi connectivity index (χ4n) is 3.38. The number of hydrogen-bond acceptors (Lipinski definition) is 4. The monoisotopic (exact) mass is 416 g/mol. The lowest BCUT2D eigenvalue weighted by atomic mass is 10.0. The molecule has 2 amide bonds. The van der Waals surface area contributed by atoms with Crippen molar-refractivity contribution in [2.45, 2.75) is 20.0 Å². The van der Waals surface area contributed by atoms with Crippen LogP contribution in [0.25, 0.3) is 5.57 Å². The Bertz CT molecular complexity index is 1140. The molecule has 1 heterocycles. The van der Waals surface area contributed by atoms with Crippen LogP contribution >= 0.6 is 0 Å². The summed E-state index contributed by atoms with van der Waals surface area (Å²) in [7, 11) is 0. The van der Waals surface area contributed by atoms with E-state index >= 15 is 0 Å². The number of imide groups is 1. The Morgan fingerprint density at radius 1 is 0.839 bits per heavy atom. The Kier molecular flexibility index (Phi) is 5.54. The van der Waals surface area contributed by atoms with E-state index in [1.807, 2.05) is 44.2 Å². The highest BCUT2D eigenvalue weighted by Crippen LogP contribution is 2.34. The molecule has 0 unspecified atom stereocenters. The topological polar surface area (TPSA) is 58.6 Å². The van der Waals surface area contributed by atoms with Crippen molar-refractivity contribution in [2.24, 2.45) is 0 Å². The maximum Gasteiger partial charge on any atom is 0.282 e. The highest BCUT2D eigenvalue weighted by atomic mass is 19.1. The maximum absolute atomic E-state index is 13.4. The summed E-state index contributed by atoms with van der Waals surface area (Å²) in [5, 5.41) is 3.09. The molecule has 1 aliphatic rings. The lowest BCUT2D eigenvalue weighted by molar-refractivity contribution is -0.120. The van der Waals surface area contributed by atoms with Crippen LogP contribution in [0.2, 0.25) is 0 Å². The van der Waals surface area contributed by atoms with Crippen LogP contribution in [0, 0.1) is 5.82 Å². The minimum atomic E-state index is -0.502. The van der Waals surface area contributed by atoms with E-state index in [0.717, 1.165) is 4.90 Å². The Morgan fingerprint density at radius 3 is 2.10 bits per heavy atom. The lowest BCUT2D eigenvalue weighted by Crippen LogP contribution is -2.32. The molecule has 31 heavy (non-hydrogen) atoms. The van der Waals surface area contributed by atoms with E-state index in [1.54, 1.807) is 24.3 Å². The lowest BCUT2D eigenvalue weighted by Gasteiger charge is -2.15. The van der Waals surface area contributed by atoms with Gasteiger partial charge in [-0.25, -0.2) is 9.29 Å². The normalized spacial score (nSPS) is 13.9. The number of nitrogens with zero attached hydrogens (tertiary/aromatic N) is 1. The molecule has 0 aliphatic carbocycles. The summed E-state index contributed by atoms with van der Waals surface area (Å²) in [6.45, 7) is 3.86. The summed E-state index contributed by atoms with van der Waals surface area (Å²) in [6, 6.07) is 21.4. The van der Waals surface area contributed by atoms with Gasteiger partial charge in [0, 0.05) is 5.69 Å². The van der Waals surface area contributed by atoms with Gasteiger partial charge in [0.15, 0.2) is 0 Å². The number of halogens is 1. The molecule has 0 saturated carbocycles. The number of hydrogen-bond donors (Lipinski definition) is 1. The van der Waals surface area contributed by atoms with Crippen LogP contribution in [-0.4, -0.2) is 17.9 Å². The Labute approximate surface area is 179 Å². The summed E-state index contributed by atoms with van der Waals surface area (Å²) in [5.74, 6) is -0.756. The van der Waals surface area contributed by atoms with Crippen LogP contribution in [0.3, 0.4) is 0 Å². The first-order valence-electron chi connectivity index (χ1n) is 9.92. The zero-order valence-corrected chi connectivity index (χ0v) is 17.1. The zero-order chi connectivity index (χ0) is 22.0. The first-order chi connectivity index (χ1) is 14.9. The van der Waals surface area contributed by atoms with Crippen LogP contribution in [-0.2, 0) is 9.59 Å². The maximum atomic E-state index is 13.4. The molecule has 0 aromatic heterocycles. The van der Waals surface area contributed by atoms with Crippen LogP contribution in [0.1, 0.15) is 19.4 Å². The summed E-state index contributed by atoms with van der Waals surface area (Å²) < 4.78 is 19.1. The molecule has 0 fully saturated rings. The third kappa shape index (κ3) is 4.19. The smallest absolute Gasteiger partial charge is 0.282 e. The van der Waals surface area contributed by atoms with E-state index in [2.05, 4.69) is 5.32 Å². The van der Waals surface area contributed by atoms with Crippen LogP contribution < -0.4 is 15.0 Å². The van der Waals surface area contributed by atoms with E-state index < -0.39 is 17.6 Å². The van der Waals surface area contributed by atoms with Gasteiger partial charge in [0.1, 0.15) is 17.3 Å². The molecule has 156 valence electrons. The van der Waals surface area contributed by atoms with E-state index in [0.29, 0.717) is 22.7 Å². The van der Waals surface area contributed by atoms with Gasteiger partial charge in [-0.15, -0.1) is 0 Å². The van der Waals surface area contributed by atoms with Crippen LogP contribution in [0.4, 0.5) is 15.8 Å². The number of benzene rings is 3. The summed E-state index contributed by atoms with van der Waals surface area (Å²) in [6.07, 6.45) is 0.0176. The first-order valence-corrected chi connectivity index (χ1v) is 9.92. The quantitative estimate of drug-likeness (QED) is 0.574. The van der Waals surface area contributed by atoms with Crippen LogP contribution in [0.5, 0.6) is 5.75 Å². The van der Waals surface area contributed by atoms with Crippen molar-refractivity contribution in [3.05, 3.63) is 95.9 Å². The number of rotatable bonds is 6. The molecule has 0 bridgehead atoms. The number of amides is 2. The molecule has 1 N–H and O–H groups in total. The Morgan fingerprint density at radius 2 is 1.48 bits per heavy atom. The molecular formula is C25H21FN2O3. The van der Waals surface area contributed by atoms with Gasteiger partial charge in [-0.2, -0.15) is 0 Å². The third-order valence-electron chi connectivity index (χ3n) is 4.73. The van der Waals surface area contributed by atoms with E-state index in [1.165, 1.54) is 24.3 Å². The molecule has 5 nitrogen and oxygen atoms in total. The molecule has 3 aromatic rings. The van der Waals surface area contributed by atoms with E-state index in [9.17, 15) is 14.0 Å². The summed E-state index contributed by atoms with van der Waals surface area (Å²) in [5.41, 5.74) is 1.97. The zero-order valence-electron chi connectivity index (χ0n) is 17.1. The SMILES string of the molecule is CC(C)Oc1ccc(C2=C(Nc3ccccc3)C(=O)N(c3ccc(F)cc3)C2=O)cc1. The number of ether oxygens (including phenoxy) is 1. The van der Waals surface area contributed by atoms with Crippen molar-refractivity contribution in [1.82, 2.24) is 0 Å². The van der Waals surface area contributed by atoms with Crippen LogP contribution in [0.15, 0.2) is 84.6 Å². The molecule has 0 spiro atoms. The molecule has 6 heteroatoms. The average Bonchev–Trinajstić information content (AvgIpc) is 2.99. The molecule has 4 rings (SSSR count). The van der Waals surface area contributed by atoms with Gasteiger partial charge in [0.05, 0.1) is 17.4 Å². The Hall–Kier alpha value is -3.93. The van der Waals surface area contributed by atoms with Gasteiger partial charge in [0.25, 0.3) is 11.8 Å². The fourth-order valence-corrected chi connectivity index (χ4v) is 3.38. The number of carbonyl (C=O) groups is 2. The van der Waals surface area contributed by atoms with E-state index in [-0.39, 0.29) is 17.4 Å². The van der Waals surface area contributed by atoms with Gasteiger partial charge in [-0.05, 0) is 67.9 Å². The molecule has 0 atom stereocenters. The second kappa shape index (κ2) is 8.44. The average molecular weight is 416 g/mol. The number of para-hydroxylation sites is 1. The number of carbonyl (C=O) groups excluding carboxylic acids is 2. The summed E-state index contributed by atoms with van der Waals surface area (Å²) in [4.78, 5) is 27.7. The minimum Gasteiger partial charge on any atom is -0.491 e. The standard InChI is InChI=1S/C25H21FN2O3/c1-16(2)31-21-14-8-17(9-15-21)22-23(27-19-6-4-3-5-7-19)25(30)28(24(22)29)20-12-10-18(26)11-13-20/h3-16,27H,1-2H3. The minimum absolute atomic E-state index is 0.0176. The Balaban J connectivity index is 1.76. The van der Waals surface area contributed by atoms with Crippen molar-refractivity contribution in [3.8, 4) is 5.75 Å². The number of nitrogens with one attached hydrogen (secondary N) is 1. The van der Waals surface area contributed by atoms with Crippen molar-refractivity contribution < 1.29 is 18.7 Å².